The molecule has 0 aromatic heterocycles. The Kier molecular flexibility index (Phi) is 4.54. The lowest BCUT2D eigenvalue weighted by Gasteiger charge is -2.38. The van der Waals surface area contributed by atoms with Crippen LogP contribution in [0.4, 0.5) is 0 Å². The highest BCUT2D eigenvalue weighted by atomic mass is 35.5. The minimum absolute atomic E-state index is 0.274. The smallest absolute Gasteiger partial charge is 0.0453 e. The molecule has 1 aliphatic rings. The number of benzene rings is 2. The second kappa shape index (κ2) is 6.39. The van der Waals surface area contributed by atoms with Crippen molar-refractivity contribution in [3.05, 3.63) is 69.7 Å². The van der Waals surface area contributed by atoms with E-state index in [4.69, 9.17) is 23.2 Å². The Labute approximate surface area is 136 Å². The van der Waals surface area contributed by atoms with E-state index in [0.29, 0.717) is 12.0 Å². The first kappa shape index (κ1) is 14.9. The highest BCUT2D eigenvalue weighted by molar-refractivity contribution is 6.31. The van der Waals surface area contributed by atoms with Crippen molar-refractivity contribution >= 4 is 23.2 Å². The lowest BCUT2D eigenvalue weighted by Crippen LogP contribution is -2.41. The number of halogens is 2. The molecule has 2 aromatic rings. The molecule has 110 valence electrons. The topological polar surface area (TPSA) is 12.0 Å². The number of rotatable bonds is 4. The molecule has 0 saturated heterocycles. The molecule has 3 heteroatoms. The molecule has 1 fully saturated rings. The standard InChI is InChI=1S/C18H19Cl2N/c1-12(15-6-2-4-8-17(15)19)21-14-10-13(11-14)16-7-3-5-9-18(16)20/h2-9,12-14,21H,10-11H2,1H3/t12-,13?,14?/m0/s1. The zero-order valence-corrected chi connectivity index (χ0v) is 13.5. The predicted octanol–water partition coefficient (Wildman–Crippen LogP) is 5.59. The average molecular weight is 320 g/mol. The summed E-state index contributed by atoms with van der Waals surface area (Å²) in [7, 11) is 0. The molecule has 1 aliphatic carbocycles. The van der Waals surface area contributed by atoms with E-state index in [1.807, 2.05) is 30.3 Å². The van der Waals surface area contributed by atoms with Crippen molar-refractivity contribution in [3.63, 3.8) is 0 Å². The van der Waals surface area contributed by atoms with E-state index in [1.165, 1.54) is 11.1 Å². The molecule has 0 spiro atoms. The second-order valence-electron chi connectivity index (χ2n) is 5.80. The molecule has 3 rings (SSSR count). The maximum atomic E-state index is 6.26. The Balaban J connectivity index is 1.58. The SMILES string of the molecule is C[C@H](NC1CC(c2ccccc2Cl)C1)c1ccccc1Cl. The third-order valence-corrected chi connectivity index (χ3v) is 5.03. The van der Waals surface area contributed by atoms with Gasteiger partial charge >= 0.3 is 0 Å². The van der Waals surface area contributed by atoms with Crippen LogP contribution in [0.5, 0.6) is 0 Å². The molecule has 21 heavy (non-hydrogen) atoms. The van der Waals surface area contributed by atoms with Gasteiger partial charge in [0.05, 0.1) is 0 Å². The summed E-state index contributed by atoms with van der Waals surface area (Å²) in [4.78, 5) is 0. The molecule has 0 aliphatic heterocycles. The largest absolute Gasteiger partial charge is 0.307 e. The molecule has 2 aromatic carbocycles. The van der Waals surface area contributed by atoms with Crippen LogP contribution in [0.3, 0.4) is 0 Å². The van der Waals surface area contributed by atoms with Crippen LogP contribution < -0.4 is 5.32 Å². The normalized spacial score (nSPS) is 22.6. The van der Waals surface area contributed by atoms with Crippen molar-refractivity contribution in [3.8, 4) is 0 Å². The van der Waals surface area contributed by atoms with E-state index >= 15 is 0 Å². The maximum absolute atomic E-state index is 6.26. The summed E-state index contributed by atoms with van der Waals surface area (Å²) in [5, 5.41) is 5.39. The van der Waals surface area contributed by atoms with Crippen LogP contribution in [-0.4, -0.2) is 6.04 Å². The zero-order valence-electron chi connectivity index (χ0n) is 12.0. The third kappa shape index (κ3) is 3.26. The summed E-state index contributed by atoms with van der Waals surface area (Å²) in [6.45, 7) is 2.17. The maximum Gasteiger partial charge on any atom is 0.0453 e. The van der Waals surface area contributed by atoms with E-state index in [0.717, 1.165) is 22.9 Å². The van der Waals surface area contributed by atoms with Crippen molar-refractivity contribution in [1.82, 2.24) is 5.32 Å². The van der Waals surface area contributed by atoms with Crippen LogP contribution in [0.15, 0.2) is 48.5 Å². The van der Waals surface area contributed by atoms with Gasteiger partial charge in [0.15, 0.2) is 0 Å². The predicted molar refractivity (Wildman–Crippen MR) is 90.2 cm³/mol. The van der Waals surface area contributed by atoms with Crippen LogP contribution in [0.2, 0.25) is 10.0 Å². The monoisotopic (exact) mass is 319 g/mol. The Hall–Kier alpha value is -1.02. The molecule has 1 atom stereocenters. The molecule has 1 saturated carbocycles. The van der Waals surface area contributed by atoms with Crippen molar-refractivity contribution in [2.45, 2.75) is 37.8 Å². The molecule has 0 bridgehead atoms. The Bertz CT molecular complexity index is 620. The lowest BCUT2D eigenvalue weighted by molar-refractivity contribution is 0.271. The first-order chi connectivity index (χ1) is 10.1. The lowest BCUT2D eigenvalue weighted by atomic mass is 9.75. The molecule has 0 radical (unpaired) electrons. The van der Waals surface area contributed by atoms with Gasteiger partial charge in [-0.1, -0.05) is 59.6 Å². The fourth-order valence-corrected chi connectivity index (χ4v) is 3.67. The number of nitrogens with one attached hydrogen (secondary N) is 1. The van der Waals surface area contributed by atoms with Crippen LogP contribution in [0, 0.1) is 0 Å². The summed E-state index contributed by atoms with van der Waals surface area (Å²) >= 11 is 12.5. The Morgan fingerprint density at radius 2 is 1.57 bits per heavy atom. The van der Waals surface area contributed by atoms with Crippen molar-refractivity contribution in [2.24, 2.45) is 0 Å². The van der Waals surface area contributed by atoms with Gasteiger partial charge < -0.3 is 5.32 Å². The van der Waals surface area contributed by atoms with E-state index in [2.05, 4.69) is 30.4 Å². The zero-order chi connectivity index (χ0) is 14.8. The van der Waals surface area contributed by atoms with Gasteiger partial charge in [0.1, 0.15) is 0 Å². The van der Waals surface area contributed by atoms with Crippen LogP contribution >= 0.6 is 23.2 Å². The summed E-state index contributed by atoms with van der Waals surface area (Å²) in [5.41, 5.74) is 2.45. The molecule has 1 N–H and O–H groups in total. The molecule has 1 nitrogen and oxygen atoms in total. The van der Waals surface area contributed by atoms with Crippen molar-refractivity contribution in [2.75, 3.05) is 0 Å². The van der Waals surface area contributed by atoms with Gasteiger partial charge in [-0.25, -0.2) is 0 Å². The summed E-state index contributed by atoms with van der Waals surface area (Å²) in [5.74, 6) is 0.578. The highest BCUT2D eigenvalue weighted by Crippen LogP contribution is 2.40. The van der Waals surface area contributed by atoms with E-state index < -0.39 is 0 Å². The Morgan fingerprint density at radius 3 is 2.24 bits per heavy atom. The van der Waals surface area contributed by atoms with Gasteiger partial charge in [0, 0.05) is 22.1 Å². The summed E-state index contributed by atoms with van der Waals surface area (Å²) < 4.78 is 0. The van der Waals surface area contributed by atoms with Crippen LogP contribution in [0.1, 0.15) is 42.9 Å². The van der Waals surface area contributed by atoms with Gasteiger partial charge in [0.25, 0.3) is 0 Å². The minimum Gasteiger partial charge on any atom is -0.307 e. The van der Waals surface area contributed by atoms with E-state index in [1.54, 1.807) is 0 Å². The average Bonchev–Trinajstić information content (AvgIpc) is 2.44. The van der Waals surface area contributed by atoms with Crippen molar-refractivity contribution < 1.29 is 0 Å². The summed E-state index contributed by atoms with van der Waals surface area (Å²) in [6.07, 6.45) is 2.27. The fourth-order valence-electron chi connectivity index (χ4n) is 3.08. The van der Waals surface area contributed by atoms with Gasteiger partial charge in [0.2, 0.25) is 0 Å². The molecule has 0 unspecified atom stereocenters. The van der Waals surface area contributed by atoms with Crippen molar-refractivity contribution in [1.29, 1.82) is 0 Å². The highest BCUT2D eigenvalue weighted by Gasteiger charge is 2.32. The van der Waals surface area contributed by atoms with Gasteiger partial charge in [-0.3, -0.25) is 0 Å². The molecular weight excluding hydrogens is 301 g/mol. The number of hydrogen-bond donors (Lipinski definition) is 1. The van der Waals surface area contributed by atoms with Gasteiger partial charge in [-0.2, -0.15) is 0 Å². The van der Waals surface area contributed by atoms with Crippen LogP contribution in [0.25, 0.3) is 0 Å². The first-order valence-corrected chi connectivity index (χ1v) is 8.15. The fraction of sp³-hybridized carbons (Fsp3) is 0.333. The summed E-state index contributed by atoms with van der Waals surface area (Å²) in [6, 6.07) is 17.0. The quantitative estimate of drug-likeness (QED) is 0.774. The first-order valence-electron chi connectivity index (χ1n) is 7.40. The van der Waals surface area contributed by atoms with Crippen LogP contribution in [-0.2, 0) is 0 Å². The Morgan fingerprint density at radius 1 is 0.952 bits per heavy atom. The van der Waals surface area contributed by atoms with Gasteiger partial charge in [-0.05, 0) is 48.9 Å². The third-order valence-electron chi connectivity index (χ3n) is 4.34. The second-order valence-corrected chi connectivity index (χ2v) is 6.61. The molecule has 0 heterocycles. The molecule has 0 amide bonds. The molecular formula is C18H19Cl2N. The minimum atomic E-state index is 0.274. The van der Waals surface area contributed by atoms with Gasteiger partial charge in [-0.15, -0.1) is 0 Å². The number of hydrogen-bond acceptors (Lipinski definition) is 1. The van der Waals surface area contributed by atoms with E-state index in [9.17, 15) is 0 Å². The van der Waals surface area contributed by atoms with E-state index in [-0.39, 0.29) is 6.04 Å².